The van der Waals surface area contributed by atoms with Crippen LogP contribution in [-0.4, -0.2) is 37.0 Å². The second kappa shape index (κ2) is 12.5. The van der Waals surface area contributed by atoms with E-state index in [1.165, 1.54) is 25.8 Å². The van der Waals surface area contributed by atoms with Gasteiger partial charge in [0.15, 0.2) is 0 Å². The molecule has 1 aromatic carbocycles. The number of nitrogens with two attached hydrogens (primary N) is 1. The zero-order valence-corrected chi connectivity index (χ0v) is 16.1. The van der Waals surface area contributed by atoms with Gasteiger partial charge in [-0.1, -0.05) is 37.3 Å². The van der Waals surface area contributed by atoms with E-state index in [0.717, 1.165) is 25.2 Å². The highest BCUT2D eigenvalue weighted by Crippen LogP contribution is 2.17. The first-order valence-electron chi connectivity index (χ1n) is 8.48. The van der Waals surface area contributed by atoms with Gasteiger partial charge in [0.05, 0.1) is 0 Å². The number of likely N-dealkylation sites (tertiary alicyclic amines) is 1. The molecular weight excluding hydrogens is 345 g/mol. The molecule has 1 amide bonds. The fourth-order valence-electron chi connectivity index (χ4n) is 3.08. The molecule has 138 valence electrons. The quantitative estimate of drug-likeness (QED) is 0.769. The molecule has 1 heterocycles. The Balaban J connectivity index is 0.00000264. The van der Waals surface area contributed by atoms with E-state index in [-0.39, 0.29) is 36.8 Å². The van der Waals surface area contributed by atoms with Crippen molar-refractivity contribution in [3.05, 3.63) is 35.9 Å². The van der Waals surface area contributed by atoms with Gasteiger partial charge in [-0.25, -0.2) is 0 Å². The standard InChI is InChI=1S/C18H29N3O.2ClH/c1-2-10-21-11-8-15(9-12-21)14-20-18(22)13-17(19)16-6-4-3-5-7-16;;/h3-7,15,17H,2,8-14,19H2,1H3,(H,20,22);2*1H. The molecule has 3 N–H and O–H groups in total. The third-order valence-corrected chi connectivity index (χ3v) is 4.47. The van der Waals surface area contributed by atoms with Crippen LogP contribution >= 0.6 is 24.8 Å². The predicted octanol–water partition coefficient (Wildman–Crippen LogP) is 3.16. The van der Waals surface area contributed by atoms with Gasteiger partial charge in [-0.05, 0) is 50.4 Å². The topological polar surface area (TPSA) is 58.4 Å². The molecule has 1 aromatic rings. The number of carbonyl (C=O) groups excluding carboxylic acids is 1. The minimum Gasteiger partial charge on any atom is -0.356 e. The van der Waals surface area contributed by atoms with Gasteiger partial charge in [-0.2, -0.15) is 0 Å². The zero-order chi connectivity index (χ0) is 15.8. The number of nitrogens with one attached hydrogen (secondary N) is 1. The number of piperidine rings is 1. The fourth-order valence-corrected chi connectivity index (χ4v) is 3.08. The summed E-state index contributed by atoms with van der Waals surface area (Å²) >= 11 is 0. The molecule has 1 aliphatic heterocycles. The maximum atomic E-state index is 12.0. The summed E-state index contributed by atoms with van der Waals surface area (Å²) in [5, 5.41) is 3.06. The van der Waals surface area contributed by atoms with Gasteiger partial charge in [-0.3, -0.25) is 4.79 Å². The van der Waals surface area contributed by atoms with E-state index in [2.05, 4.69) is 17.1 Å². The number of nitrogens with zero attached hydrogens (tertiary/aromatic N) is 1. The number of hydrogen-bond acceptors (Lipinski definition) is 3. The van der Waals surface area contributed by atoms with Gasteiger partial charge >= 0.3 is 0 Å². The van der Waals surface area contributed by atoms with Crippen molar-refractivity contribution in [2.45, 2.75) is 38.6 Å². The van der Waals surface area contributed by atoms with Gasteiger partial charge < -0.3 is 16.0 Å². The Bertz CT molecular complexity index is 451. The van der Waals surface area contributed by atoms with Crippen LogP contribution in [0.2, 0.25) is 0 Å². The van der Waals surface area contributed by atoms with Crippen LogP contribution in [0.25, 0.3) is 0 Å². The van der Waals surface area contributed by atoms with E-state index in [4.69, 9.17) is 5.73 Å². The van der Waals surface area contributed by atoms with Crippen LogP contribution in [0.3, 0.4) is 0 Å². The third-order valence-electron chi connectivity index (χ3n) is 4.47. The minimum atomic E-state index is -0.215. The molecule has 6 heteroatoms. The van der Waals surface area contributed by atoms with Crippen LogP contribution in [0.5, 0.6) is 0 Å². The van der Waals surface area contributed by atoms with Gasteiger partial charge in [0.25, 0.3) is 0 Å². The summed E-state index contributed by atoms with van der Waals surface area (Å²) in [4.78, 5) is 14.6. The summed E-state index contributed by atoms with van der Waals surface area (Å²) in [6, 6.07) is 9.60. The number of halogens is 2. The summed E-state index contributed by atoms with van der Waals surface area (Å²) in [6.45, 7) is 6.55. The van der Waals surface area contributed by atoms with Crippen molar-refractivity contribution in [3.63, 3.8) is 0 Å². The number of benzene rings is 1. The average Bonchev–Trinajstić information content (AvgIpc) is 2.55. The Hall–Kier alpha value is -0.810. The lowest BCUT2D eigenvalue weighted by molar-refractivity contribution is -0.121. The lowest BCUT2D eigenvalue weighted by atomic mass is 9.96. The molecule has 4 nitrogen and oxygen atoms in total. The highest BCUT2D eigenvalue weighted by molar-refractivity contribution is 5.85. The molecule has 0 bridgehead atoms. The largest absolute Gasteiger partial charge is 0.356 e. The fraction of sp³-hybridized carbons (Fsp3) is 0.611. The highest BCUT2D eigenvalue weighted by Gasteiger charge is 2.19. The third kappa shape index (κ3) is 7.84. The Labute approximate surface area is 158 Å². The van der Waals surface area contributed by atoms with Gasteiger partial charge in [-0.15, -0.1) is 24.8 Å². The molecule has 2 rings (SSSR count). The van der Waals surface area contributed by atoms with Crippen LogP contribution in [0, 0.1) is 5.92 Å². The van der Waals surface area contributed by atoms with E-state index < -0.39 is 0 Å². The van der Waals surface area contributed by atoms with E-state index in [1.807, 2.05) is 30.3 Å². The smallest absolute Gasteiger partial charge is 0.221 e. The predicted molar refractivity (Wildman–Crippen MR) is 105 cm³/mol. The van der Waals surface area contributed by atoms with Gasteiger partial charge in [0.2, 0.25) is 5.91 Å². The maximum absolute atomic E-state index is 12.0. The van der Waals surface area contributed by atoms with Crippen molar-refractivity contribution in [3.8, 4) is 0 Å². The molecule has 0 spiro atoms. The van der Waals surface area contributed by atoms with Gasteiger partial charge in [0, 0.05) is 19.0 Å². The lowest BCUT2D eigenvalue weighted by Crippen LogP contribution is -2.39. The highest BCUT2D eigenvalue weighted by atomic mass is 35.5. The maximum Gasteiger partial charge on any atom is 0.221 e. The van der Waals surface area contributed by atoms with E-state index in [1.54, 1.807) is 0 Å². The molecule has 1 unspecified atom stereocenters. The molecule has 24 heavy (non-hydrogen) atoms. The first-order chi connectivity index (χ1) is 10.7. The number of amides is 1. The summed E-state index contributed by atoms with van der Waals surface area (Å²) in [6.07, 6.45) is 3.95. The molecule has 0 radical (unpaired) electrons. The SMILES string of the molecule is CCCN1CCC(CNC(=O)CC(N)c2ccccc2)CC1.Cl.Cl. The van der Waals surface area contributed by atoms with Crippen molar-refractivity contribution < 1.29 is 4.79 Å². The average molecular weight is 376 g/mol. The van der Waals surface area contributed by atoms with Gasteiger partial charge in [0.1, 0.15) is 0 Å². The summed E-state index contributed by atoms with van der Waals surface area (Å²) < 4.78 is 0. The van der Waals surface area contributed by atoms with Crippen LogP contribution in [-0.2, 0) is 4.79 Å². The molecule has 0 aliphatic carbocycles. The Morgan fingerprint density at radius 3 is 2.46 bits per heavy atom. The first kappa shape index (κ1) is 23.2. The van der Waals surface area contributed by atoms with E-state index in [9.17, 15) is 4.79 Å². The van der Waals surface area contributed by atoms with Crippen molar-refractivity contribution in [2.24, 2.45) is 11.7 Å². The molecule has 0 aromatic heterocycles. The molecule has 1 fully saturated rings. The Kier molecular flexibility index (Phi) is 12.1. The lowest BCUT2D eigenvalue weighted by Gasteiger charge is -2.31. The van der Waals surface area contributed by atoms with Crippen molar-refractivity contribution in [1.82, 2.24) is 10.2 Å². The monoisotopic (exact) mass is 375 g/mol. The molecular formula is C18H31Cl2N3O. The van der Waals surface area contributed by atoms with Crippen LogP contribution in [0.15, 0.2) is 30.3 Å². The first-order valence-corrected chi connectivity index (χ1v) is 8.48. The van der Waals surface area contributed by atoms with Crippen molar-refractivity contribution in [1.29, 1.82) is 0 Å². The molecule has 1 aliphatic rings. The van der Waals surface area contributed by atoms with Crippen molar-refractivity contribution >= 4 is 30.7 Å². The normalized spacial score (nSPS) is 16.6. The van der Waals surface area contributed by atoms with Crippen LogP contribution in [0.1, 0.15) is 44.2 Å². The zero-order valence-electron chi connectivity index (χ0n) is 14.4. The second-order valence-electron chi connectivity index (χ2n) is 6.31. The minimum absolute atomic E-state index is 0. The van der Waals surface area contributed by atoms with E-state index >= 15 is 0 Å². The van der Waals surface area contributed by atoms with Crippen molar-refractivity contribution in [2.75, 3.05) is 26.2 Å². The van der Waals surface area contributed by atoms with E-state index in [0.29, 0.717) is 12.3 Å². The summed E-state index contributed by atoms with van der Waals surface area (Å²) in [5.41, 5.74) is 7.11. The Morgan fingerprint density at radius 2 is 1.88 bits per heavy atom. The molecule has 1 atom stereocenters. The summed E-state index contributed by atoms with van der Waals surface area (Å²) in [5.74, 6) is 0.678. The second-order valence-corrected chi connectivity index (χ2v) is 6.31. The van der Waals surface area contributed by atoms with Crippen LogP contribution in [0.4, 0.5) is 0 Å². The molecule has 0 saturated carbocycles. The van der Waals surface area contributed by atoms with Crippen LogP contribution < -0.4 is 11.1 Å². The molecule has 1 saturated heterocycles. The number of rotatable bonds is 7. The summed E-state index contributed by atoms with van der Waals surface area (Å²) in [7, 11) is 0. The Morgan fingerprint density at radius 1 is 1.25 bits per heavy atom. The number of hydrogen-bond donors (Lipinski definition) is 2. The number of carbonyl (C=O) groups is 1.